The van der Waals surface area contributed by atoms with E-state index in [1.807, 2.05) is 35.8 Å². The average Bonchev–Trinajstić information content (AvgIpc) is 3.46. The van der Waals surface area contributed by atoms with E-state index in [9.17, 15) is 9.59 Å². The van der Waals surface area contributed by atoms with Crippen LogP contribution in [-0.4, -0.2) is 40.8 Å². The van der Waals surface area contributed by atoms with Crippen LogP contribution in [0.4, 0.5) is 5.13 Å². The molecule has 2 heterocycles. The van der Waals surface area contributed by atoms with Gasteiger partial charge < -0.3 is 19.9 Å². The van der Waals surface area contributed by atoms with Crippen LogP contribution in [0.3, 0.4) is 0 Å². The third kappa shape index (κ3) is 5.30. The van der Waals surface area contributed by atoms with E-state index < -0.39 is 0 Å². The van der Waals surface area contributed by atoms with Gasteiger partial charge in [0.15, 0.2) is 5.13 Å². The summed E-state index contributed by atoms with van der Waals surface area (Å²) in [5, 5.41) is 9.27. The highest BCUT2D eigenvalue weighted by Gasteiger charge is 2.12. The summed E-state index contributed by atoms with van der Waals surface area (Å²) in [4.78, 5) is 29.7. The number of rotatable bonds is 9. The lowest BCUT2D eigenvalue weighted by atomic mass is 10.2. The molecule has 0 saturated carbocycles. The molecular weight excluding hydrogens is 444 g/mol. The minimum atomic E-state index is -0.127. The van der Waals surface area contributed by atoms with E-state index >= 15 is 0 Å². The lowest BCUT2D eigenvalue weighted by molar-refractivity contribution is -0.113. The number of carbonyl (C=O) groups excluding carboxylic acids is 2. The molecule has 0 spiro atoms. The molecule has 0 aliphatic rings. The second-order valence-corrected chi connectivity index (χ2v) is 8.77. The molecule has 7 nitrogen and oxygen atoms in total. The van der Waals surface area contributed by atoms with Gasteiger partial charge in [0.05, 0.1) is 12.9 Å². The SMILES string of the molecule is COc1ccc(C(=O)NCCn2cc(SCC(=O)Nc3nccs3)c3ccccc32)cc1. The Hall–Kier alpha value is -3.30. The fourth-order valence-electron chi connectivity index (χ4n) is 3.23. The minimum Gasteiger partial charge on any atom is -0.497 e. The molecular formula is C23H22N4O3S2. The van der Waals surface area contributed by atoms with E-state index in [1.165, 1.54) is 23.1 Å². The monoisotopic (exact) mass is 466 g/mol. The molecule has 164 valence electrons. The van der Waals surface area contributed by atoms with E-state index in [1.54, 1.807) is 37.6 Å². The smallest absolute Gasteiger partial charge is 0.251 e. The first-order valence-electron chi connectivity index (χ1n) is 9.96. The van der Waals surface area contributed by atoms with Crippen molar-refractivity contribution in [1.82, 2.24) is 14.9 Å². The highest BCUT2D eigenvalue weighted by molar-refractivity contribution is 8.00. The Morgan fingerprint density at radius 1 is 1.16 bits per heavy atom. The summed E-state index contributed by atoms with van der Waals surface area (Å²) < 4.78 is 7.23. The van der Waals surface area contributed by atoms with Crippen molar-refractivity contribution in [3.05, 3.63) is 71.9 Å². The van der Waals surface area contributed by atoms with Gasteiger partial charge in [-0.3, -0.25) is 9.59 Å². The summed E-state index contributed by atoms with van der Waals surface area (Å²) in [5.74, 6) is 0.791. The molecule has 2 amide bonds. The van der Waals surface area contributed by atoms with Crippen molar-refractivity contribution in [1.29, 1.82) is 0 Å². The highest BCUT2D eigenvalue weighted by Crippen LogP contribution is 2.30. The number of nitrogens with zero attached hydrogens (tertiary/aromatic N) is 2. The largest absolute Gasteiger partial charge is 0.497 e. The molecule has 0 fully saturated rings. The van der Waals surface area contributed by atoms with Gasteiger partial charge in [-0.25, -0.2) is 4.98 Å². The predicted molar refractivity (Wildman–Crippen MR) is 129 cm³/mol. The lowest BCUT2D eigenvalue weighted by Crippen LogP contribution is -2.27. The summed E-state index contributed by atoms with van der Waals surface area (Å²) in [6.07, 6.45) is 3.69. The fraction of sp³-hybridized carbons (Fsp3) is 0.174. The molecule has 0 unspecified atom stereocenters. The van der Waals surface area contributed by atoms with E-state index in [-0.39, 0.29) is 11.8 Å². The van der Waals surface area contributed by atoms with Gasteiger partial charge in [0, 0.05) is 52.2 Å². The van der Waals surface area contributed by atoms with Gasteiger partial charge in [0.25, 0.3) is 5.91 Å². The number of hydrogen-bond donors (Lipinski definition) is 2. The second-order valence-electron chi connectivity index (χ2n) is 6.86. The topological polar surface area (TPSA) is 85.2 Å². The lowest BCUT2D eigenvalue weighted by Gasteiger charge is -2.08. The van der Waals surface area contributed by atoms with Crippen LogP contribution in [0.25, 0.3) is 10.9 Å². The number of thiazole rings is 1. The number of nitrogens with one attached hydrogen (secondary N) is 2. The Balaban J connectivity index is 1.37. The van der Waals surface area contributed by atoms with Crippen LogP contribution in [0.5, 0.6) is 5.75 Å². The Bertz CT molecular complexity index is 1200. The van der Waals surface area contributed by atoms with Crippen LogP contribution in [0.2, 0.25) is 0 Å². The summed E-state index contributed by atoms with van der Waals surface area (Å²) in [6.45, 7) is 1.10. The number of ether oxygens (including phenoxy) is 1. The number of amides is 2. The van der Waals surface area contributed by atoms with Gasteiger partial charge in [-0.15, -0.1) is 23.1 Å². The maximum Gasteiger partial charge on any atom is 0.251 e. The van der Waals surface area contributed by atoms with E-state index in [4.69, 9.17) is 4.74 Å². The Morgan fingerprint density at radius 2 is 1.97 bits per heavy atom. The molecule has 0 aliphatic heterocycles. The predicted octanol–water partition coefficient (Wildman–Crippen LogP) is 4.27. The molecule has 2 N–H and O–H groups in total. The normalized spacial score (nSPS) is 10.8. The van der Waals surface area contributed by atoms with Gasteiger partial charge in [-0.05, 0) is 30.3 Å². The number of para-hydroxylation sites is 1. The van der Waals surface area contributed by atoms with E-state index in [0.29, 0.717) is 35.3 Å². The number of methoxy groups -OCH3 is 1. The average molecular weight is 467 g/mol. The van der Waals surface area contributed by atoms with Crippen LogP contribution in [0.1, 0.15) is 10.4 Å². The molecule has 9 heteroatoms. The van der Waals surface area contributed by atoms with Crippen molar-refractivity contribution in [2.75, 3.05) is 24.7 Å². The molecule has 32 heavy (non-hydrogen) atoms. The number of hydrogen-bond acceptors (Lipinski definition) is 6. The fourth-order valence-corrected chi connectivity index (χ4v) is 4.67. The zero-order valence-electron chi connectivity index (χ0n) is 17.4. The van der Waals surface area contributed by atoms with Crippen LogP contribution in [-0.2, 0) is 11.3 Å². The molecule has 0 radical (unpaired) electrons. The quantitative estimate of drug-likeness (QED) is 0.360. The molecule has 2 aromatic heterocycles. The van der Waals surface area contributed by atoms with Crippen LogP contribution in [0, 0.1) is 0 Å². The number of anilines is 1. The minimum absolute atomic E-state index is 0.0893. The number of carbonyl (C=O) groups is 2. The Morgan fingerprint density at radius 3 is 2.72 bits per heavy atom. The summed E-state index contributed by atoms with van der Waals surface area (Å²) in [5.41, 5.74) is 1.65. The zero-order chi connectivity index (χ0) is 22.3. The van der Waals surface area contributed by atoms with Crippen molar-refractivity contribution in [2.24, 2.45) is 0 Å². The number of aromatic nitrogens is 2. The molecule has 2 aromatic carbocycles. The maximum atomic E-state index is 12.4. The van der Waals surface area contributed by atoms with Crippen molar-refractivity contribution < 1.29 is 14.3 Å². The van der Waals surface area contributed by atoms with Gasteiger partial charge in [0.2, 0.25) is 5.91 Å². The van der Waals surface area contributed by atoms with Gasteiger partial charge in [-0.1, -0.05) is 18.2 Å². The summed E-state index contributed by atoms with van der Waals surface area (Å²) in [6, 6.07) is 15.1. The van der Waals surface area contributed by atoms with Crippen LogP contribution in [0.15, 0.2) is 71.2 Å². The van der Waals surface area contributed by atoms with Crippen molar-refractivity contribution >= 4 is 50.9 Å². The third-order valence-corrected chi connectivity index (χ3v) is 6.51. The number of thioether (sulfide) groups is 1. The van der Waals surface area contributed by atoms with Crippen LogP contribution < -0.4 is 15.4 Å². The van der Waals surface area contributed by atoms with Crippen LogP contribution >= 0.6 is 23.1 Å². The van der Waals surface area contributed by atoms with E-state index in [2.05, 4.69) is 20.2 Å². The molecule has 0 saturated heterocycles. The Kier molecular flexibility index (Phi) is 7.08. The molecule has 4 aromatic rings. The maximum absolute atomic E-state index is 12.4. The number of benzene rings is 2. The van der Waals surface area contributed by atoms with Gasteiger partial charge in [-0.2, -0.15) is 0 Å². The number of fused-ring (bicyclic) bond motifs is 1. The van der Waals surface area contributed by atoms with Crippen molar-refractivity contribution in [3.63, 3.8) is 0 Å². The van der Waals surface area contributed by atoms with Crippen molar-refractivity contribution in [2.45, 2.75) is 11.4 Å². The standard InChI is InChI=1S/C23H22N4O3S2/c1-30-17-8-6-16(7-9-17)22(29)24-10-12-27-14-20(18-4-2-3-5-19(18)27)32-15-21(28)26-23-25-11-13-31-23/h2-9,11,13-14H,10,12,15H2,1H3,(H,24,29)(H,25,26,28). The molecule has 4 rings (SSSR count). The Labute approximate surface area is 193 Å². The first-order chi connectivity index (χ1) is 15.6. The first-order valence-corrected chi connectivity index (χ1v) is 11.8. The first kappa shape index (κ1) is 21.9. The summed E-state index contributed by atoms with van der Waals surface area (Å²) in [7, 11) is 1.59. The zero-order valence-corrected chi connectivity index (χ0v) is 19.0. The summed E-state index contributed by atoms with van der Waals surface area (Å²) >= 11 is 2.88. The second kappa shape index (κ2) is 10.3. The molecule has 0 bridgehead atoms. The molecule has 0 atom stereocenters. The van der Waals surface area contributed by atoms with Gasteiger partial charge in [0.1, 0.15) is 5.75 Å². The van der Waals surface area contributed by atoms with Gasteiger partial charge >= 0.3 is 0 Å². The van der Waals surface area contributed by atoms with E-state index in [0.717, 1.165) is 15.8 Å². The highest BCUT2D eigenvalue weighted by atomic mass is 32.2. The molecule has 0 aliphatic carbocycles. The van der Waals surface area contributed by atoms with Crippen molar-refractivity contribution in [3.8, 4) is 5.75 Å². The third-order valence-electron chi connectivity index (χ3n) is 4.78.